The summed E-state index contributed by atoms with van der Waals surface area (Å²) in [6.07, 6.45) is 7.74. The number of carbonyl (C=O) groups is 1. The maximum Gasteiger partial charge on any atom is 0.413 e. The number of para-hydroxylation sites is 1. The number of anilines is 1. The van der Waals surface area contributed by atoms with Crippen LogP contribution in [0.2, 0.25) is 0 Å². The van der Waals surface area contributed by atoms with Crippen molar-refractivity contribution in [2.45, 2.75) is 58.0 Å². The largest absolute Gasteiger partial charge is 0.413 e. The Balaban J connectivity index is 1.32. The van der Waals surface area contributed by atoms with Crippen LogP contribution in [0.5, 0.6) is 5.75 Å². The van der Waals surface area contributed by atoms with Crippen LogP contribution in [0, 0.1) is 23.7 Å². The van der Waals surface area contributed by atoms with Gasteiger partial charge in [-0.2, -0.15) is 5.10 Å². The van der Waals surface area contributed by atoms with Crippen molar-refractivity contribution in [2.24, 2.45) is 23.7 Å². The maximum absolute atomic E-state index is 12.8. The minimum atomic E-state index is -0.359. The molecule has 1 aromatic carbocycles. The Kier molecular flexibility index (Phi) is 4.72. The first-order chi connectivity index (χ1) is 14.1. The molecule has 0 saturated heterocycles. The molecule has 1 amide bonds. The molecule has 0 radical (unpaired) electrons. The van der Waals surface area contributed by atoms with Gasteiger partial charge in [-0.25, -0.2) is 9.48 Å². The summed E-state index contributed by atoms with van der Waals surface area (Å²) in [4.78, 5) is 12.8. The van der Waals surface area contributed by atoms with Crippen molar-refractivity contribution in [3.05, 3.63) is 36.5 Å². The molecule has 6 heteroatoms. The fourth-order valence-corrected chi connectivity index (χ4v) is 6.01. The Morgan fingerprint density at radius 3 is 2.34 bits per heavy atom. The number of hydrogen-bond donors (Lipinski definition) is 2. The van der Waals surface area contributed by atoms with E-state index >= 15 is 0 Å². The van der Waals surface area contributed by atoms with Crippen molar-refractivity contribution in [1.29, 1.82) is 0 Å². The van der Waals surface area contributed by atoms with Crippen LogP contribution in [0.25, 0.3) is 5.69 Å². The topological polar surface area (TPSA) is 68.2 Å². The number of amides is 1. The molecular weight excluding hydrogens is 364 g/mol. The standard InChI is InChI=1S/C23H30N4O2/c1-14(2)25-22-20(13-24-27(22)19-6-4-3-5-7-19)29-23(28)26-21-17-9-15-8-16(11-17)12-18(21)10-15/h3-7,13-18,21,25H,8-12H2,1-2H3,(H,26,28). The second kappa shape index (κ2) is 7.39. The molecule has 4 bridgehead atoms. The highest BCUT2D eigenvalue weighted by Gasteiger charge is 2.48. The summed E-state index contributed by atoms with van der Waals surface area (Å²) < 4.78 is 7.54. The molecule has 1 aromatic heterocycles. The molecule has 0 atom stereocenters. The van der Waals surface area contributed by atoms with Gasteiger partial charge >= 0.3 is 6.09 Å². The van der Waals surface area contributed by atoms with Crippen LogP contribution in [0.1, 0.15) is 46.0 Å². The molecule has 4 aliphatic carbocycles. The SMILES string of the molecule is CC(C)Nc1c(OC(=O)NC2C3CC4CC(C3)CC2C4)cnn1-c1ccccc1. The van der Waals surface area contributed by atoms with Gasteiger partial charge in [-0.05, 0) is 81.8 Å². The zero-order chi connectivity index (χ0) is 20.0. The predicted molar refractivity (Wildman–Crippen MR) is 112 cm³/mol. The second-order valence-corrected chi connectivity index (χ2v) is 9.39. The number of nitrogens with zero attached hydrogens (tertiary/aromatic N) is 2. The molecule has 2 aromatic rings. The number of carbonyl (C=O) groups excluding carboxylic acids is 1. The Morgan fingerprint density at radius 1 is 1.07 bits per heavy atom. The summed E-state index contributed by atoms with van der Waals surface area (Å²) in [6.45, 7) is 4.11. The molecule has 2 N–H and O–H groups in total. The lowest BCUT2D eigenvalue weighted by molar-refractivity contribution is -0.0114. The highest BCUT2D eigenvalue weighted by atomic mass is 16.6. The van der Waals surface area contributed by atoms with Crippen molar-refractivity contribution in [3.8, 4) is 11.4 Å². The first-order valence-corrected chi connectivity index (χ1v) is 10.9. The van der Waals surface area contributed by atoms with E-state index in [1.165, 1.54) is 32.1 Å². The third-order valence-corrected chi connectivity index (χ3v) is 6.88. The number of rotatable bonds is 5. The van der Waals surface area contributed by atoms with Gasteiger partial charge < -0.3 is 15.4 Å². The van der Waals surface area contributed by atoms with Crippen molar-refractivity contribution >= 4 is 11.9 Å². The Morgan fingerprint density at radius 2 is 1.72 bits per heavy atom. The van der Waals surface area contributed by atoms with Crippen LogP contribution >= 0.6 is 0 Å². The number of aromatic nitrogens is 2. The molecule has 1 heterocycles. The molecule has 4 fully saturated rings. The van der Waals surface area contributed by atoms with E-state index in [0.717, 1.165) is 17.5 Å². The number of ether oxygens (including phenoxy) is 1. The van der Waals surface area contributed by atoms with Crippen LogP contribution in [-0.4, -0.2) is 28.0 Å². The Labute approximate surface area is 172 Å². The molecular formula is C23H30N4O2. The van der Waals surface area contributed by atoms with Crippen LogP contribution in [0.15, 0.2) is 36.5 Å². The third kappa shape index (κ3) is 3.61. The van der Waals surface area contributed by atoms with Crippen molar-refractivity contribution in [3.63, 3.8) is 0 Å². The second-order valence-electron chi connectivity index (χ2n) is 9.39. The Bertz CT molecular complexity index is 848. The molecule has 0 unspecified atom stereocenters. The normalized spacial score (nSPS) is 29.8. The average Bonchev–Trinajstić information content (AvgIpc) is 3.06. The van der Waals surface area contributed by atoms with Crippen LogP contribution in [0.4, 0.5) is 10.6 Å². The smallest absolute Gasteiger partial charge is 0.405 e. The predicted octanol–water partition coefficient (Wildman–Crippen LogP) is 4.61. The first-order valence-electron chi connectivity index (χ1n) is 10.9. The average molecular weight is 395 g/mol. The van der Waals surface area contributed by atoms with Gasteiger partial charge in [-0.15, -0.1) is 0 Å². The summed E-state index contributed by atoms with van der Waals surface area (Å²) in [6, 6.07) is 10.3. The van der Waals surface area contributed by atoms with Crippen molar-refractivity contribution in [2.75, 3.05) is 5.32 Å². The molecule has 0 spiro atoms. The molecule has 154 valence electrons. The highest BCUT2D eigenvalue weighted by molar-refractivity contribution is 5.73. The van der Waals surface area contributed by atoms with Crippen molar-refractivity contribution in [1.82, 2.24) is 15.1 Å². The fourth-order valence-electron chi connectivity index (χ4n) is 6.01. The van der Waals surface area contributed by atoms with Crippen molar-refractivity contribution < 1.29 is 9.53 Å². The van der Waals surface area contributed by atoms with Gasteiger partial charge in [0.05, 0.1) is 11.9 Å². The molecule has 4 saturated carbocycles. The molecule has 0 aliphatic heterocycles. The van der Waals surface area contributed by atoms with Gasteiger partial charge in [-0.1, -0.05) is 18.2 Å². The molecule has 4 aliphatic rings. The van der Waals surface area contributed by atoms with E-state index in [9.17, 15) is 4.79 Å². The minimum Gasteiger partial charge on any atom is -0.405 e. The monoisotopic (exact) mass is 394 g/mol. The molecule has 29 heavy (non-hydrogen) atoms. The van der Waals surface area contributed by atoms with Gasteiger partial charge in [0, 0.05) is 12.1 Å². The lowest BCUT2D eigenvalue weighted by Gasteiger charge is -2.54. The van der Waals surface area contributed by atoms with Gasteiger partial charge in [0.1, 0.15) is 0 Å². The van der Waals surface area contributed by atoms with Gasteiger partial charge in [-0.3, -0.25) is 0 Å². The van der Waals surface area contributed by atoms with Gasteiger partial charge in [0.25, 0.3) is 0 Å². The number of hydrogen-bond acceptors (Lipinski definition) is 4. The van der Waals surface area contributed by atoms with E-state index in [4.69, 9.17) is 4.74 Å². The van der Waals surface area contributed by atoms with E-state index in [-0.39, 0.29) is 18.2 Å². The zero-order valence-electron chi connectivity index (χ0n) is 17.2. The van der Waals surface area contributed by atoms with E-state index in [1.54, 1.807) is 10.9 Å². The minimum absolute atomic E-state index is 0.184. The van der Waals surface area contributed by atoms with E-state index in [0.29, 0.717) is 23.4 Å². The molecule has 6 rings (SSSR count). The zero-order valence-corrected chi connectivity index (χ0v) is 17.2. The summed E-state index contributed by atoms with van der Waals surface area (Å²) in [7, 11) is 0. The van der Waals surface area contributed by atoms with Crippen LogP contribution in [0.3, 0.4) is 0 Å². The lowest BCUT2D eigenvalue weighted by atomic mass is 9.54. The quantitative estimate of drug-likeness (QED) is 0.777. The van der Waals surface area contributed by atoms with Crippen LogP contribution in [-0.2, 0) is 0 Å². The van der Waals surface area contributed by atoms with E-state index < -0.39 is 0 Å². The van der Waals surface area contributed by atoms with Gasteiger partial charge in [0.15, 0.2) is 11.6 Å². The summed E-state index contributed by atoms with van der Waals surface area (Å²) in [5, 5.41) is 11.1. The maximum atomic E-state index is 12.8. The Hall–Kier alpha value is -2.50. The highest BCUT2D eigenvalue weighted by Crippen LogP contribution is 2.53. The third-order valence-electron chi connectivity index (χ3n) is 6.88. The summed E-state index contributed by atoms with van der Waals surface area (Å²) in [5.74, 6) is 4.18. The summed E-state index contributed by atoms with van der Waals surface area (Å²) >= 11 is 0. The first kappa shape index (κ1) is 18.5. The lowest BCUT2D eigenvalue weighted by Crippen LogP contribution is -2.56. The molecule has 6 nitrogen and oxygen atoms in total. The van der Waals surface area contributed by atoms with E-state index in [2.05, 4.69) is 29.6 Å². The number of benzene rings is 1. The van der Waals surface area contributed by atoms with E-state index in [1.807, 2.05) is 30.3 Å². The van der Waals surface area contributed by atoms with Gasteiger partial charge in [0.2, 0.25) is 0 Å². The van der Waals surface area contributed by atoms with Crippen LogP contribution < -0.4 is 15.4 Å². The number of nitrogens with one attached hydrogen (secondary N) is 2. The summed E-state index contributed by atoms with van der Waals surface area (Å²) in [5.41, 5.74) is 0.923. The fraction of sp³-hybridized carbons (Fsp3) is 0.565.